The van der Waals surface area contributed by atoms with Gasteiger partial charge in [0.1, 0.15) is 0 Å². The molecule has 22 heavy (non-hydrogen) atoms. The Labute approximate surface area is 133 Å². The fraction of sp³-hybridized carbons (Fsp3) is 0.667. The van der Waals surface area contributed by atoms with Crippen molar-refractivity contribution in [3.63, 3.8) is 0 Å². The lowest BCUT2D eigenvalue weighted by atomic mass is 9.88. The Morgan fingerprint density at radius 2 is 1.82 bits per heavy atom. The number of nitrogens with zero attached hydrogens (tertiary/aromatic N) is 2. The predicted octanol–water partition coefficient (Wildman–Crippen LogP) is 3.54. The minimum Gasteiger partial charge on any atom is -0.483 e. The molecule has 2 aliphatic rings. The summed E-state index contributed by atoms with van der Waals surface area (Å²) in [5.41, 5.74) is 2.06. The van der Waals surface area contributed by atoms with Crippen LogP contribution in [0.1, 0.15) is 57.4 Å². The summed E-state index contributed by atoms with van der Waals surface area (Å²) in [6, 6.07) is 5.24. The molecule has 1 aromatic rings. The van der Waals surface area contributed by atoms with E-state index in [4.69, 9.17) is 9.90 Å². The Morgan fingerprint density at radius 1 is 1.23 bits per heavy atom. The van der Waals surface area contributed by atoms with Gasteiger partial charge in [0, 0.05) is 18.4 Å². The fourth-order valence-corrected chi connectivity index (χ4v) is 3.94. The van der Waals surface area contributed by atoms with Gasteiger partial charge in [0.15, 0.2) is 0 Å². The molecule has 1 saturated carbocycles. The minimum absolute atomic E-state index is 0.250. The average Bonchev–Trinajstić information content (AvgIpc) is 2.89. The van der Waals surface area contributed by atoms with Crippen LogP contribution >= 0.6 is 0 Å². The molecule has 3 rings (SSSR count). The molecule has 1 aliphatic heterocycles. The molecule has 1 aromatic heterocycles. The number of aromatic nitrogens is 1. The smallest absolute Gasteiger partial charge is 0.290 e. The summed E-state index contributed by atoms with van der Waals surface area (Å²) >= 11 is 0. The first-order valence-corrected chi connectivity index (χ1v) is 8.27. The van der Waals surface area contributed by atoms with E-state index in [0.29, 0.717) is 5.41 Å². The van der Waals surface area contributed by atoms with Gasteiger partial charge in [0.2, 0.25) is 0 Å². The van der Waals surface area contributed by atoms with E-state index in [2.05, 4.69) is 35.9 Å². The highest BCUT2D eigenvalue weighted by Crippen LogP contribution is 2.41. The highest BCUT2D eigenvalue weighted by molar-refractivity contribution is 5.32. The van der Waals surface area contributed by atoms with Crippen LogP contribution in [0.3, 0.4) is 0 Å². The highest BCUT2D eigenvalue weighted by Gasteiger charge is 2.35. The van der Waals surface area contributed by atoms with E-state index in [1.807, 2.05) is 12.4 Å². The van der Waals surface area contributed by atoms with Gasteiger partial charge >= 0.3 is 0 Å². The van der Waals surface area contributed by atoms with Crippen molar-refractivity contribution in [3.8, 4) is 0 Å². The lowest BCUT2D eigenvalue weighted by Gasteiger charge is -2.36. The van der Waals surface area contributed by atoms with Crippen LogP contribution in [0.25, 0.3) is 0 Å². The number of pyridine rings is 1. The molecule has 0 radical (unpaired) electrons. The zero-order valence-corrected chi connectivity index (χ0v) is 13.7. The Hall–Kier alpha value is -1.42. The quantitative estimate of drug-likeness (QED) is 0.849. The highest BCUT2D eigenvalue weighted by atomic mass is 16.3. The number of carbonyl (C=O) groups is 1. The molecule has 0 amide bonds. The van der Waals surface area contributed by atoms with Crippen molar-refractivity contribution in [2.45, 2.75) is 57.9 Å². The second-order valence-corrected chi connectivity index (χ2v) is 7.26. The van der Waals surface area contributed by atoms with Crippen molar-refractivity contribution in [1.82, 2.24) is 9.88 Å². The minimum atomic E-state index is -0.250. The Balaban J connectivity index is 0.000000545. The first-order chi connectivity index (χ1) is 10.6. The van der Waals surface area contributed by atoms with Gasteiger partial charge in [0.25, 0.3) is 6.47 Å². The van der Waals surface area contributed by atoms with E-state index in [-0.39, 0.29) is 6.47 Å². The van der Waals surface area contributed by atoms with Gasteiger partial charge in [0.05, 0.1) is 0 Å². The summed E-state index contributed by atoms with van der Waals surface area (Å²) in [6.45, 7) is 7.18. The van der Waals surface area contributed by atoms with E-state index < -0.39 is 0 Å². The molecule has 0 aromatic carbocycles. The number of hydrogen-bond donors (Lipinski definition) is 1. The number of likely N-dealkylation sites (tertiary alicyclic amines) is 1. The summed E-state index contributed by atoms with van der Waals surface area (Å²) in [6.07, 6.45) is 10.7. The maximum absolute atomic E-state index is 8.36. The Kier molecular flexibility index (Phi) is 5.95. The molecule has 0 spiro atoms. The van der Waals surface area contributed by atoms with Gasteiger partial charge < -0.3 is 10.0 Å². The summed E-state index contributed by atoms with van der Waals surface area (Å²) in [7, 11) is 0. The second kappa shape index (κ2) is 7.73. The molecule has 122 valence electrons. The molecule has 0 bridgehead atoms. The third-order valence-corrected chi connectivity index (χ3v) is 5.17. The lowest BCUT2D eigenvalue weighted by molar-refractivity contribution is -0.122. The topological polar surface area (TPSA) is 53.4 Å². The van der Waals surface area contributed by atoms with Crippen LogP contribution < -0.4 is 0 Å². The molecule has 1 aliphatic carbocycles. The zero-order valence-electron chi connectivity index (χ0n) is 13.7. The second-order valence-electron chi connectivity index (χ2n) is 7.26. The standard InChI is InChI=1S/C17H26N2.CH2O2/c1-17(2)8-3-16(13-17)19-11-6-15(7-12-19)14-4-9-18-10-5-14;2-1-3/h4-5,9-10,15-16H,3,6-8,11-13H2,1-2H3;1H,(H,2,3). The van der Waals surface area contributed by atoms with Gasteiger partial charge in [-0.3, -0.25) is 9.78 Å². The number of rotatable bonds is 2. The first kappa shape index (κ1) is 16.9. The molecular formula is C18H28N2O2. The largest absolute Gasteiger partial charge is 0.483 e. The summed E-state index contributed by atoms with van der Waals surface area (Å²) < 4.78 is 0. The van der Waals surface area contributed by atoms with Crippen molar-refractivity contribution in [2.24, 2.45) is 5.41 Å². The van der Waals surface area contributed by atoms with Crippen LogP contribution in [-0.4, -0.2) is 40.6 Å². The first-order valence-electron chi connectivity index (χ1n) is 8.27. The van der Waals surface area contributed by atoms with Gasteiger partial charge in [-0.2, -0.15) is 0 Å². The molecule has 1 saturated heterocycles. The Morgan fingerprint density at radius 3 is 2.32 bits per heavy atom. The summed E-state index contributed by atoms with van der Waals surface area (Å²) in [5.74, 6) is 0.758. The van der Waals surface area contributed by atoms with Crippen LogP contribution in [0.5, 0.6) is 0 Å². The third kappa shape index (κ3) is 4.54. The van der Waals surface area contributed by atoms with Crippen LogP contribution in [0.15, 0.2) is 24.5 Å². The predicted molar refractivity (Wildman–Crippen MR) is 87.9 cm³/mol. The third-order valence-electron chi connectivity index (χ3n) is 5.17. The zero-order chi connectivity index (χ0) is 16.0. The molecule has 1 unspecified atom stereocenters. The van der Waals surface area contributed by atoms with E-state index in [9.17, 15) is 0 Å². The van der Waals surface area contributed by atoms with E-state index in [0.717, 1.165) is 12.0 Å². The molecular weight excluding hydrogens is 276 g/mol. The van der Waals surface area contributed by atoms with Crippen molar-refractivity contribution < 1.29 is 9.90 Å². The van der Waals surface area contributed by atoms with Crippen LogP contribution in [-0.2, 0) is 4.79 Å². The maximum Gasteiger partial charge on any atom is 0.290 e. The normalized spacial score (nSPS) is 25.3. The van der Waals surface area contributed by atoms with E-state index in [1.165, 1.54) is 50.8 Å². The van der Waals surface area contributed by atoms with Crippen LogP contribution in [0.2, 0.25) is 0 Å². The van der Waals surface area contributed by atoms with Gasteiger partial charge in [-0.15, -0.1) is 0 Å². The SMILES string of the molecule is CC1(C)CCC(N2CCC(c3ccncc3)CC2)C1.O=CO. The van der Waals surface area contributed by atoms with Crippen molar-refractivity contribution in [2.75, 3.05) is 13.1 Å². The number of hydrogen-bond acceptors (Lipinski definition) is 3. The van der Waals surface area contributed by atoms with Crippen molar-refractivity contribution >= 4 is 6.47 Å². The van der Waals surface area contributed by atoms with E-state index >= 15 is 0 Å². The molecule has 1 N–H and O–H groups in total. The van der Waals surface area contributed by atoms with Gasteiger partial charge in [-0.05, 0) is 74.2 Å². The average molecular weight is 304 g/mol. The fourth-order valence-electron chi connectivity index (χ4n) is 3.94. The molecule has 2 heterocycles. The van der Waals surface area contributed by atoms with Crippen molar-refractivity contribution in [1.29, 1.82) is 0 Å². The molecule has 4 heteroatoms. The Bertz CT molecular complexity index is 453. The molecule has 4 nitrogen and oxygen atoms in total. The monoisotopic (exact) mass is 304 g/mol. The number of carboxylic acid groups (broad SMARTS) is 1. The van der Waals surface area contributed by atoms with Gasteiger partial charge in [-0.25, -0.2) is 0 Å². The van der Waals surface area contributed by atoms with E-state index in [1.54, 1.807) is 0 Å². The van der Waals surface area contributed by atoms with Crippen LogP contribution in [0.4, 0.5) is 0 Å². The lowest BCUT2D eigenvalue weighted by Crippen LogP contribution is -2.40. The molecule has 1 atom stereocenters. The maximum atomic E-state index is 8.36. The summed E-state index contributed by atoms with van der Waals surface area (Å²) in [5, 5.41) is 6.89. The van der Waals surface area contributed by atoms with Crippen LogP contribution in [0, 0.1) is 5.41 Å². The molecule has 2 fully saturated rings. The van der Waals surface area contributed by atoms with Gasteiger partial charge in [-0.1, -0.05) is 13.8 Å². The van der Waals surface area contributed by atoms with Crippen molar-refractivity contribution in [3.05, 3.63) is 30.1 Å². The summed E-state index contributed by atoms with van der Waals surface area (Å²) in [4.78, 5) is 15.2. The number of piperidine rings is 1.